The summed E-state index contributed by atoms with van der Waals surface area (Å²) < 4.78 is 10.3. The fraction of sp³-hybridized carbons (Fsp3) is 0.571. The maximum absolute atomic E-state index is 13.1. The van der Waals surface area contributed by atoms with Crippen molar-refractivity contribution in [3.63, 3.8) is 0 Å². The van der Waals surface area contributed by atoms with Crippen LogP contribution in [0.3, 0.4) is 0 Å². The molecule has 1 fully saturated rings. The van der Waals surface area contributed by atoms with Crippen molar-refractivity contribution >= 4 is 23.4 Å². The summed E-state index contributed by atoms with van der Waals surface area (Å²) in [6.45, 7) is 4.34. The third-order valence-corrected chi connectivity index (χ3v) is 5.53. The molecule has 29 heavy (non-hydrogen) atoms. The third kappa shape index (κ3) is 4.43. The van der Waals surface area contributed by atoms with Crippen molar-refractivity contribution in [2.45, 2.75) is 38.3 Å². The molecule has 1 aromatic rings. The molecule has 8 heteroatoms. The Hall–Kier alpha value is -2.45. The Balaban J connectivity index is 1.56. The Kier molecular flexibility index (Phi) is 6.87. The summed E-state index contributed by atoms with van der Waals surface area (Å²) in [5.41, 5.74) is 0.448. The third-order valence-electron chi connectivity index (χ3n) is 5.53. The zero-order valence-corrected chi connectivity index (χ0v) is 17.1. The molecule has 0 bridgehead atoms. The van der Waals surface area contributed by atoms with Crippen molar-refractivity contribution in [1.82, 2.24) is 10.2 Å². The average molecular weight is 403 g/mol. The highest BCUT2D eigenvalue weighted by atomic mass is 16.5. The van der Waals surface area contributed by atoms with Crippen LogP contribution in [0.1, 0.15) is 43.0 Å². The van der Waals surface area contributed by atoms with Gasteiger partial charge in [-0.05, 0) is 31.9 Å². The molecule has 1 saturated heterocycles. The lowest BCUT2D eigenvalue weighted by Gasteiger charge is -2.48. The Bertz CT molecular complexity index is 768. The lowest BCUT2D eigenvalue weighted by molar-refractivity contribution is -0.121. The highest BCUT2D eigenvalue weighted by molar-refractivity contribution is 6.10. The number of nitrogens with zero attached hydrogens (tertiary/aromatic N) is 2. The highest BCUT2D eigenvalue weighted by Gasteiger charge is 2.52. The predicted octanol–water partition coefficient (Wildman–Crippen LogP) is 1.54. The molecule has 1 N–H and O–H groups in total. The van der Waals surface area contributed by atoms with Crippen LogP contribution < -0.4 is 10.2 Å². The quantitative estimate of drug-likeness (QED) is 0.599. The minimum absolute atomic E-state index is 0.00961. The first-order valence-corrected chi connectivity index (χ1v) is 10.1. The van der Waals surface area contributed by atoms with E-state index in [-0.39, 0.29) is 30.7 Å². The molecule has 2 heterocycles. The number of hydrogen-bond donors (Lipinski definition) is 1. The zero-order valence-electron chi connectivity index (χ0n) is 17.1. The van der Waals surface area contributed by atoms with Gasteiger partial charge in [-0.15, -0.1) is 0 Å². The van der Waals surface area contributed by atoms with Crippen molar-refractivity contribution in [3.05, 3.63) is 29.8 Å². The van der Waals surface area contributed by atoms with Crippen molar-refractivity contribution in [2.75, 3.05) is 44.9 Å². The standard InChI is InChI=1S/C21H29N3O5/c1-21-10-8-19(26)24(21)17-7-4-3-6-16(17)20(27)23(21)12-9-18(25)22-11-5-13-29-15-14-28-2/h3-4,6-7H,5,8-15H2,1-2H3,(H,22,25). The first-order valence-electron chi connectivity index (χ1n) is 10.1. The summed E-state index contributed by atoms with van der Waals surface area (Å²) in [5, 5.41) is 2.86. The summed E-state index contributed by atoms with van der Waals surface area (Å²) in [7, 11) is 1.62. The van der Waals surface area contributed by atoms with E-state index in [2.05, 4.69) is 5.32 Å². The first-order chi connectivity index (χ1) is 14.0. The van der Waals surface area contributed by atoms with E-state index in [1.54, 1.807) is 29.0 Å². The SMILES string of the molecule is COCCOCCCNC(=O)CCN1C(=O)c2ccccc2N2C(=O)CCC12C. The zero-order chi connectivity index (χ0) is 20.9. The molecule has 1 unspecified atom stereocenters. The number of hydrogen-bond acceptors (Lipinski definition) is 5. The molecular weight excluding hydrogens is 374 g/mol. The van der Waals surface area contributed by atoms with Gasteiger partial charge in [-0.1, -0.05) is 12.1 Å². The minimum Gasteiger partial charge on any atom is -0.382 e. The lowest BCUT2D eigenvalue weighted by Crippen LogP contribution is -2.62. The molecule has 3 amide bonds. The molecule has 1 atom stereocenters. The maximum Gasteiger partial charge on any atom is 0.257 e. The van der Waals surface area contributed by atoms with Gasteiger partial charge in [-0.2, -0.15) is 0 Å². The van der Waals surface area contributed by atoms with Gasteiger partial charge >= 0.3 is 0 Å². The Labute approximate surface area is 171 Å². The summed E-state index contributed by atoms with van der Waals surface area (Å²) >= 11 is 0. The van der Waals surface area contributed by atoms with Gasteiger partial charge in [0.05, 0.1) is 24.5 Å². The second-order valence-electron chi connectivity index (χ2n) is 7.48. The number of ether oxygens (including phenoxy) is 2. The smallest absolute Gasteiger partial charge is 0.257 e. The van der Waals surface area contributed by atoms with Crippen LogP contribution in [0.15, 0.2) is 24.3 Å². The van der Waals surface area contributed by atoms with Crippen LogP contribution in [0.25, 0.3) is 0 Å². The molecule has 0 saturated carbocycles. The van der Waals surface area contributed by atoms with Gasteiger partial charge in [0, 0.05) is 39.6 Å². The number of para-hydroxylation sites is 1. The van der Waals surface area contributed by atoms with E-state index in [4.69, 9.17) is 9.47 Å². The van der Waals surface area contributed by atoms with Crippen LogP contribution in [0.2, 0.25) is 0 Å². The van der Waals surface area contributed by atoms with Gasteiger partial charge in [0.25, 0.3) is 5.91 Å². The van der Waals surface area contributed by atoms with Gasteiger partial charge in [0.2, 0.25) is 11.8 Å². The van der Waals surface area contributed by atoms with Crippen molar-refractivity contribution in [2.24, 2.45) is 0 Å². The number of rotatable bonds is 10. The van der Waals surface area contributed by atoms with Gasteiger partial charge in [-0.3, -0.25) is 19.3 Å². The maximum atomic E-state index is 13.1. The summed E-state index contributed by atoms with van der Waals surface area (Å²) in [5.74, 6) is -0.239. The number of benzene rings is 1. The normalized spacial score (nSPS) is 20.6. The highest BCUT2D eigenvalue weighted by Crippen LogP contribution is 2.43. The van der Waals surface area contributed by atoms with Crippen molar-refractivity contribution in [3.8, 4) is 0 Å². The number of amides is 3. The second kappa shape index (κ2) is 9.37. The lowest BCUT2D eigenvalue weighted by atomic mass is 9.98. The van der Waals surface area contributed by atoms with Gasteiger partial charge < -0.3 is 19.7 Å². The van der Waals surface area contributed by atoms with Crippen LogP contribution in [-0.4, -0.2) is 68.3 Å². The number of anilines is 1. The molecule has 3 rings (SSSR count). The number of nitrogens with one attached hydrogen (secondary N) is 1. The minimum atomic E-state index is -0.724. The largest absolute Gasteiger partial charge is 0.382 e. The van der Waals surface area contributed by atoms with Crippen LogP contribution in [0, 0.1) is 0 Å². The Morgan fingerprint density at radius 1 is 1.21 bits per heavy atom. The molecule has 158 valence electrons. The van der Waals surface area contributed by atoms with Crippen molar-refractivity contribution < 1.29 is 23.9 Å². The fourth-order valence-corrected chi connectivity index (χ4v) is 3.99. The first kappa shape index (κ1) is 21.3. The Morgan fingerprint density at radius 2 is 2.00 bits per heavy atom. The molecule has 8 nitrogen and oxygen atoms in total. The van der Waals surface area contributed by atoms with E-state index in [9.17, 15) is 14.4 Å². The molecule has 2 aliphatic rings. The topological polar surface area (TPSA) is 88.2 Å². The number of carbonyl (C=O) groups is 3. The summed E-state index contributed by atoms with van der Waals surface area (Å²) in [6, 6.07) is 7.17. The number of fused-ring (bicyclic) bond motifs is 3. The van der Waals surface area contributed by atoms with Crippen molar-refractivity contribution in [1.29, 1.82) is 0 Å². The molecule has 0 aliphatic carbocycles. The predicted molar refractivity (Wildman–Crippen MR) is 108 cm³/mol. The number of carbonyl (C=O) groups excluding carboxylic acids is 3. The van der Waals surface area contributed by atoms with Gasteiger partial charge in [0.1, 0.15) is 5.66 Å². The van der Waals surface area contributed by atoms with E-state index in [0.29, 0.717) is 56.9 Å². The van der Waals surface area contributed by atoms with E-state index >= 15 is 0 Å². The molecule has 0 aromatic heterocycles. The van der Waals surface area contributed by atoms with Crippen LogP contribution in [-0.2, 0) is 19.1 Å². The van der Waals surface area contributed by atoms with E-state index < -0.39 is 5.66 Å². The van der Waals surface area contributed by atoms with E-state index in [1.165, 1.54) is 0 Å². The van der Waals surface area contributed by atoms with E-state index in [1.807, 2.05) is 19.1 Å². The monoisotopic (exact) mass is 403 g/mol. The fourth-order valence-electron chi connectivity index (χ4n) is 3.99. The molecular formula is C21H29N3O5. The van der Waals surface area contributed by atoms with Gasteiger partial charge in [0.15, 0.2) is 0 Å². The summed E-state index contributed by atoms with van der Waals surface area (Å²) in [4.78, 5) is 41.3. The van der Waals surface area contributed by atoms with Crippen LogP contribution in [0.5, 0.6) is 0 Å². The molecule has 2 aliphatic heterocycles. The van der Waals surface area contributed by atoms with Crippen LogP contribution in [0.4, 0.5) is 5.69 Å². The molecule has 0 radical (unpaired) electrons. The average Bonchev–Trinajstić information content (AvgIpc) is 3.02. The van der Waals surface area contributed by atoms with Crippen LogP contribution >= 0.6 is 0 Å². The number of methoxy groups -OCH3 is 1. The second-order valence-corrected chi connectivity index (χ2v) is 7.48. The Morgan fingerprint density at radius 3 is 2.79 bits per heavy atom. The van der Waals surface area contributed by atoms with Gasteiger partial charge in [-0.25, -0.2) is 0 Å². The van der Waals surface area contributed by atoms with E-state index in [0.717, 1.165) is 0 Å². The molecule has 1 aromatic carbocycles. The summed E-state index contributed by atoms with van der Waals surface area (Å²) in [6.07, 6.45) is 1.86. The molecule has 0 spiro atoms.